The highest BCUT2D eigenvalue weighted by Crippen LogP contribution is 2.46. The highest BCUT2D eigenvalue weighted by Gasteiger charge is 2.51. The van der Waals surface area contributed by atoms with Crippen LogP contribution in [0.15, 0.2) is 30.6 Å². The van der Waals surface area contributed by atoms with E-state index in [4.69, 9.17) is 5.11 Å². The molecule has 3 heterocycles. The molecule has 7 heteroatoms. The lowest BCUT2D eigenvalue weighted by Gasteiger charge is -2.19. The zero-order chi connectivity index (χ0) is 15.3. The minimum atomic E-state index is -1.14. The third-order valence-corrected chi connectivity index (χ3v) is 4.26. The summed E-state index contributed by atoms with van der Waals surface area (Å²) in [5.41, 5.74) is 2.32. The van der Waals surface area contributed by atoms with Gasteiger partial charge < -0.3 is 10.4 Å². The number of hydrogen-bond donors (Lipinski definition) is 3. The minimum Gasteiger partial charge on any atom is -0.465 e. The second-order valence-corrected chi connectivity index (χ2v) is 5.55. The maximum atomic E-state index is 12.5. The molecule has 2 aliphatic rings. The number of amides is 2. The number of carbonyl (C=O) groups is 2. The second kappa shape index (κ2) is 4.27. The van der Waals surface area contributed by atoms with Crippen molar-refractivity contribution in [1.82, 2.24) is 9.97 Å². The Hall–Kier alpha value is -2.96. The first-order chi connectivity index (χ1) is 10.6. The summed E-state index contributed by atoms with van der Waals surface area (Å²) in [6.07, 6.45) is 2.98. The SMILES string of the molecule is O=C(O)Nc1cnc2c(c1)CC1(C2)C(=O)Nc2ncccc21. The molecule has 0 fully saturated rings. The fourth-order valence-electron chi connectivity index (χ4n) is 3.31. The molecule has 110 valence electrons. The van der Waals surface area contributed by atoms with E-state index in [1.807, 2.05) is 12.1 Å². The number of rotatable bonds is 1. The number of aromatic nitrogens is 2. The number of hydrogen-bond acceptors (Lipinski definition) is 4. The minimum absolute atomic E-state index is 0.0769. The Morgan fingerprint density at radius 2 is 2.23 bits per heavy atom. The van der Waals surface area contributed by atoms with E-state index in [1.165, 1.54) is 6.20 Å². The largest absolute Gasteiger partial charge is 0.465 e. The van der Waals surface area contributed by atoms with E-state index in [9.17, 15) is 9.59 Å². The highest BCUT2D eigenvalue weighted by molar-refractivity contribution is 6.06. The lowest BCUT2D eigenvalue weighted by atomic mass is 9.80. The zero-order valence-electron chi connectivity index (χ0n) is 11.5. The Morgan fingerprint density at radius 1 is 1.36 bits per heavy atom. The number of anilines is 2. The number of fused-ring (bicyclic) bond motifs is 3. The number of pyridine rings is 2. The van der Waals surface area contributed by atoms with Crippen LogP contribution in [0.5, 0.6) is 0 Å². The number of carboxylic acid groups (broad SMARTS) is 1. The summed E-state index contributed by atoms with van der Waals surface area (Å²) in [5.74, 6) is 0.524. The molecule has 2 aromatic heterocycles. The fraction of sp³-hybridized carbons (Fsp3) is 0.200. The summed E-state index contributed by atoms with van der Waals surface area (Å²) in [6, 6.07) is 5.46. The van der Waals surface area contributed by atoms with E-state index in [0.29, 0.717) is 24.3 Å². The monoisotopic (exact) mass is 296 g/mol. The molecule has 0 saturated heterocycles. The summed E-state index contributed by atoms with van der Waals surface area (Å²) in [6.45, 7) is 0. The van der Waals surface area contributed by atoms with Crippen molar-refractivity contribution in [2.75, 3.05) is 10.6 Å². The van der Waals surface area contributed by atoms with Crippen LogP contribution in [0.2, 0.25) is 0 Å². The molecule has 1 aliphatic carbocycles. The van der Waals surface area contributed by atoms with Crippen LogP contribution in [-0.4, -0.2) is 27.1 Å². The Balaban J connectivity index is 1.75. The van der Waals surface area contributed by atoms with Gasteiger partial charge in [-0.05, 0) is 24.1 Å². The maximum absolute atomic E-state index is 12.5. The maximum Gasteiger partial charge on any atom is 0.409 e. The Kier molecular flexibility index (Phi) is 2.47. The van der Waals surface area contributed by atoms with Gasteiger partial charge in [-0.2, -0.15) is 0 Å². The van der Waals surface area contributed by atoms with Crippen LogP contribution >= 0.6 is 0 Å². The first-order valence-electron chi connectivity index (χ1n) is 6.83. The molecule has 4 rings (SSSR count). The molecule has 0 aromatic carbocycles. The van der Waals surface area contributed by atoms with Gasteiger partial charge in [0, 0.05) is 23.9 Å². The van der Waals surface area contributed by atoms with Crippen molar-refractivity contribution in [3.05, 3.63) is 47.4 Å². The van der Waals surface area contributed by atoms with Crippen molar-refractivity contribution in [2.24, 2.45) is 0 Å². The van der Waals surface area contributed by atoms with Crippen molar-refractivity contribution in [1.29, 1.82) is 0 Å². The molecule has 1 unspecified atom stereocenters. The molecular weight excluding hydrogens is 284 g/mol. The van der Waals surface area contributed by atoms with Crippen LogP contribution in [0.4, 0.5) is 16.3 Å². The van der Waals surface area contributed by atoms with Crippen LogP contribution in [0.3, 0.4) is 0 Å². The topological polar surface area (TPSA) is 104 Å². The smallest absolute Gasteiger partial charge is 0.409 e. The van der Waals surface area contributed by atoms with Crippen molar-refractivity contribution in [3.8, 4) is 0 Å². The predicted octanol–water partition coefficient (Wildman–Crippen LogP) is 1.56. The van der Waals surface area contributed by atoms with E-state index in [2.05, 4.69) is 20.6 Å². The van der Waals surface area contributed by atoms with Gasteiger partial charge in [-0.15, -0.1) is 0 Å². The normalized spacial score (nSPS) is 21.4. The third kappa shape index (κ3) is 1.68. The molecule has 1 aliphatic heterocycles. The number of carbonyl (C=O) groups excluding carboxylic acids is 1. The predicted molar refractivity (Wildman–Crippen MR) is 77.8 cm³/mol. The lowest BCUT2D eigenvalue weighted by Crippen LogP contribution is -2.35. The molecule has 0 radical (unpaired) electrons. The summed E-state index contributed by atoms with van der Waals surface area (Å²) in [5, 5.41) is 13.9. The van der Waals surface area contributed by atoms with Gasteiger partial charge in [-0.1, -0.05) is 6.07 Å². The zero-order valence-corrected chi connectivity index (χ0v) is 11.5. The lowest BCUT2D eigenvalue weighted by molar-refractivity contribution is -0.120. The molecule has 0 bridgehead atoms. The molecule has 7 nitrogen and oxygen atoms in total. The van der Waals surface area contributed by atoms with Gasteiger partial charge in [-0.25, -0.2) is 9.78 Å². The molecule has 0 saturated carbocycles. The van der Waals surface area contributed by atoms with Crippen LogP contribution in [-0.2, 0) is 23.1 Å². The summed E-state index contributed by atoms with van der Waals surface area (Å²) in [7, 11) is 0. The molecule has 1 spiro atoms. The molecule has 2 amide bonds. The average molecular weight is 296 g/mol. The van der Waals surface area contributed by atoms with Crippen molar-refractivity contribution >= 4 is 23.5 Å². The molecule has 22 heavy (non-hydrogen) atoms. The summed E-state index contributed by atoms with van der Waals surface area (Å²) in [4.78, 5) is 31.7. The van der Waals surface area contributed by atoms with Crippen LogP contribution in [0.1, 0.15) is 16.8 Å². The van der Waals surface area contributed by atoms with Crippen LogP contribution in [0.25, 0.3) is 0 Å². The molecular formula is C15H12N4O3. The first kappa shape index (κ1) is 12.8. The Bertz CT molecular complexity index is 820. The van der Waals surface area contributed by atoms with Crippen molar-refractivity contribution < 1.29 is 14.7 Å². The molecule has 2 aromatic rings. The van der Waals surface area contributed by atoms with Crippen LogP contribution < -0.4 is 10.6 Å². The average Bonchev–Trinajstić information content (AvgIpc) is 2.98. The van der Waals surface area contributed by atoms with Gasteiger partial charge in [0.1, 0.15) is 5.82 Å². The van der Waals surface area contributed by atoms with Gasteiger partial charge in [0.25, 0.3) is 0 Å². The van der Waals surface area contributed by atoms with Gasteiger partial charge in [0.05, 0.1) is 17.3 Å². The van der Waals surface area contributed by atoms with E-state index >= 15 is 0 Å². The van der Waals surface area contributed by atoms with Gasteiger partial charge in [-0.3, -0.25) is 15.1 Å². The highest BCUT2D eigenvalue weighted by atomic mass is 16.4. The van der Waals surface area contributed by atoms with E-state index < -0.39 is 11.5 Å². The second-order valence-electron chi connectivity index (χ2n) is 5.55. The van der Waals surface area contributed by atoms with Gasteiger partial charge in [0.15, 0.2) is 0 Å². The molecule has 1 atom stereocenters. The van der Waals surface area contributed by atoms with Gasteiger partial charge in [0.2, 0.25) is 5.91 Å². The fourth-order valence-corrected chi connectivity index (χ4v) is 3.31. The summed E-state index contributed by atoms with van der Waals surface area (Å²) < 4.78 is 0. The van der Waals surface area contributed by atoms with E-state index in [1.54, 1.807) is 12.3 Å². The number of nitrogens with one attached hydrogen (secondary N) is 2. The summed E-state index contributed by atoms with van der Waals surface area (Å²) >= 11 is 0. The first-order valence-corrected chi connectivity index (χ1v) is 6.83. The standard InChI is InChI=1S/C15H12N4O3/c20-13-15(10-2-1-3-16-12(10)19-13)5-8-4-9(18-14(21)22)7-17-11(8)6-15/h1-4,7,18H,5-6H2,(H,21,22)(H,16,19,20). The van der Waals surface area contributed by atoms with E-state index in [-0.39, 0.29) is 5.91 Å². The number of nitrogens with zero attached hydrogens (tertiary/aromatic N) is 2. The quantitative estimate of drug-likeness (QED) is 0.740. The van der Waals surface area contributed by atoms with E-state index in [0.717, 1.165) is 16.8 Å². The van der Waals surface area contributed by atoms with Crippen LogP contribution in [0, 0.1) is 0 Å². The molecule has 3 N–H and O–H groups in total. The van der Waals surface area contributed by atoms with Crippen molar-refractivity contribution in [2.45, 2.75) is 18.3 Å². The Morgan fingerprint density at radius 3 is 3.05 bits per heavy atom. The van der Waals surface area contributed by atoms with Gasteiger partial charge >= 0.3 is 6.09 Å². The van der Waals surface area contributed by atoms with Crippen molar-refractivity contribution in [3.63, 3.8) is 0 Å². The third-order valence-electron chi connectivity index (χ3n) is 4.26. The Labute approximate surface area is 125 Å².